The van der Waals surface area contributed by atoms with Gasteiger partial charge < -0.3 is 16.4 Å². The van der Waals surface area contributed by atoms with E-state index in [1.54, 1.807) is 0 Å². The molecule has 0 saturated heterocycles. The number of hydrogen-bond donors (Lipinski definition) is 2. The van der Waals surface area contributed by atoms with Crippen molar-refractivity contribution >= 4 is 17.7 Å². The lowest BCUT2D eigenvalue weighted by Gasteiger charge is -2.18. The van der Waals surface area contributed by atoms with Crippen molar-refractivity contribution < 1.29 is 18.8 Å². The minimum Gasteiger partial charge on any atom is -0.368 e. The van der Waals surface area contributed by atoms with Crippen molar-refractivity contribution in [3.63, 3.8) is 0 Å². The van der Waals surface area contributed by atoms with Crippen LogP contribution in [-0.4, -0.2) is 40.7 Å². The Kier molecular flexibility index (Phi) is 4.30. The zero-order valence-electron chi connectivity index (χ0n) is 9.30. The Balaban J connectivity index is 2.94. The molecule has 8 heteroatoms. The molecule has 0 aliphatic heterocycles. The summed E-state index contributed by atoms with van der Waals surface area (Å²) in [4.78, 5) is 37.5. The van der Waals surface area contributed by atoms with E-state index in [-0.39, 0.29) is 5.69 Å². The van der Waals surface area contributed by atoms with E-state index in [9.17, 15) is 18.8 Å². The fourth-order valence-corrected chi connectivity index (χ4v) is 1.27. The van der Waals surface area contributed by atoms with Gasteiger partial charge in [-0.3, -0.25) is 14.4 Å². The normalized spacial score (nSPS) is 9.83. The average Bonchev–Trinajstić information content (AvgIpc) is 2.26. The molecule has 96 valence electrons. The number of nitrogens with zero attached hydrogens (tertiary/aromatic N) is 2. The van der Waals surface area contributed by atoms with Crippen LogP contribution < -0.4 is 11.5 Å². The molecule has 4 N–H and O–H groups in total. The van der Waals surface area contributed by atoms with Gasteiger partial charge in [0.1, 0.15) is 18.8 Å². The Labute approximate surface area is 102 Å². The Morgan fingerprint density at radius 1 is 1.17 bits per heavy atom. The van der Waals surface area contributed by atoms with Crippen LogP contribution in [0.3, 0.4) is 0 Å². The zero-order chi connectivity index (χ0) is 13.7. The predicted molar refractivity (Wildman–Crippen MR) is 58.5 cm³/mol. The molecular formula is C10H11FN4O3. The van der Waals surface area contributed by atoms with E-state index in [0.29, 0.717) is 0 Å². The molecule has 0 spiro atoms. The van der Waals surface area contributed by atoms with E-state index in [2.05, 4.69) is 4.98 Å². The summed E-state index contributed by atoms with van der Waals surface area (Å²) in [5.74, 6) is -3.28. The second kappa shape index (κ2) is 5.71. The fourth-order valence-electron chi connectivity index (χ4n) is 1.27. The maximum Gasteiger partial charge on any atom is 0.273 e. The third-order valence-electron chi connectivity index (χ3n) is 1.91. The second-order valence-corrected chi connectivity index (χ2v) is 3.44. The fraction of sp³-hybridized carbons (Fsp3) is 0.200. The Bertz CT molecular complexity index is 476. The third-order valence-corrected chi connectivity index (χ3v) is 1.91. The highest BCUT2D eigenvalue weighted by molar-refractivity contribution is 5.96. The lowest BCUT2D eigenvalue weighted by atomic mass is 10.3. The number of halogens is 1. The monoisotopic (exact) mass is 254 g/mol. The van der Waals surface area contributed by atoms with Crippen LogP contribution in [0.1, 0.15) is 10.5 Å². The summed E-state index contributed by atoms with van der Waals surface area (Å²) in [6, 6.07) is 3.59. The predicted octanol–water partition coefficient (Wildman–Crippen LogP) is -1.37. The third kappa shape index (κ3) is 3.81. The van der Waals surface area contributed by atoms with Gasteiger partial charge in [0, 0.05) is 0 Å². The molecule has 1 heterocycles. The van der Waals surface area contributed by atoms with Gasteiger partial charge in [0.05, 0.1) is 0 Å². The number of nitrogens with two attached hydrogens (primary N) is 2. The molecule has 1 rings (SSSR count). The number of rotatable bonds is 5. The molecule has 0 bridgehead atoms. The van der Waals surface area contributed by atoms with E-state index in [1.807, 2.05) is 0 Å². The molecule has 0 aliphatic carbocycles. The van der Waals surface area contributed by atoms with Crippen LogP contribution in [0.4, 0.5) is 4.39 Å². The first-order valence-electron chi connectivity index (χ1n) is 4.88. The molecule has 0 aliphatic rings. The number of carbonyl (C=O) groups is 3. The summed E-state index contributed by atoms with van der Waals surface area (Å²) in [6.45, 7) is -1.00. The van der Waals surface area contributed by atoms with Crippen LogP contribution in [0.25, 0.3) is 0 Å². The first-order valence-corrected chi connectivity index (χ1v) is 4.88. The van der Waals surface area contributed by atoms with Crippen molar-refractivity contribution in [2.45, 2.75) is 0 Å². The van der Waals surface area contributed by atoms with Gasteiger partial charge in [-0.25, -0.2) is 4.98 Å². The summed E-state index contributed by atoms with van der Waals surface area (Å²) < 4.78 is 12.9. The highest BCUT2D eigenvalue weighted by Gasteiger charge is 2.20. The Morgan fingerprint density at radius 3 is 2.17 bits per heavy atom. The number of hydrogen-bond acceptors (Lipinski definition) is 4. The number of carbonyl (C=O) groups excluding carboxylic acids is 3. The number of aromatic nitrogens is 1. The molecule has 0 atom stereocenters. The summed E-state index contributed by atoms with van der Waals surface area (Å²) >= 11 is 0. The van der Waals surface area contributed by atoms with Crippen LogP contribution >= 0.6 is 0 Å². The van der Waals surface area contributed by atoms with E-state index in [4.69, 9.17) is 11.5 Å². The maximum absolute atomic E-state index is 12.9. The summed E-state index contributed by atoms with van der Waals surface area (Å²) in [5.41, 5.74) is 9.63. The second-order valence-electron chi connectivity index (χ2n) is 3.44. The molecule has 0 saturated carbocycles. The van der Waals surface area contributed by atoms with Gasteiger partial charge >= 0.3 is 0 Å². The SMILES string of the molecule is NC(=O)CN(CC(N)=O)C(=O)c1cccc(F)n1. The highest BCUT2D eigenvalue weighted by Crippen LogP contribution is 2.03. The largest absolute Gasteiger partial charge is 0.368 e. The van der Waals surface area contributed by atoms with E-state index in [1.165, 1.54) is 12.1 Å². The topological polar surface area (TPSA) is 119 Å². The maximum atomic E-state index is 12.9. The van der Waals surface area contributed by atoms with Gasteiger partial charge in [0.2, 0.25) is 17.8 Å². The minimum absolute atomic E-state index is 0.238. The van der Waals surface area contributed by atoms with Crippen LogP contribution in [0, 0.1) is 5.95 Å². The Morgan fingerprint density at radius 2 is 1.72 bits per heavy atom. The standard InChI is InChI=1S/C10H11FN4O3/c11-7-3-1-2-6(14-7)10(18)15(4-8(12)16)5-9(13)17/h1-3H,4-5H2,(H2,12,16)(H2,13,17). The molecule has 0 fully saturated rings. The molecule has 18 heavy (non-hydrogen) atoms. The van der Waals surface area contributed by atoms with Crippen LogP contribution in [0.2, 0.25) is 0 Å². The number of pyridine rings is 1. The van der Waals surface area contributed by atoms with Gasteiger partial charge in [-0.05, 0) is 12.1 Å². The lowest BCUT2D eigenvalue weighted by molar-refractivity contribution is -0.121. The van der Waals surface area contributed by atoms with Crippen LogP contribution in [0.5, 0.6) is 0 Å². The van der Waals surface area contributed by atoms with Gasteiger partial charge in [-0.2, -0.15) is 4.39 Å². The average molecular weight is 254 g/mol. The van der Waals surface area contributed by atoms with Gasteiger partial charge in [-0.15, -0.1) is 0 Å². The summed E-state index contributed by atoms with van der Waals surface area (Å²) in [6.07, 6.45) is 0. The lowest BCUT2D eigenvalue weighted by Crippen LogP contribution is -2.43. The smallest absolute Gasteiger partial charge is 0.273 e. The summed E-state index contributed by atoms with van der Waals surface area (Å²) in [7, 11) is 0. The molecule has 0 radical (unpaired) electrons. The minimum atomic E-state index is -0.848. The first-order chi connectivity index (χ1) is 8.40. The molecule has 1 aromatic heterocycles. The van der Waals surface area contributed by atoms with Gasteiger partial charge in [-0.1, -0.05) is 6.07 Å². The molecular weight excluding hydrogens is 243 g/mol. The quantitative estimate of drug-likeness (QED) is 0.630. The Hall–Kier alpha value is -2.51. The van der Waals surface area contributed by atoms with Crippen LogP contribution in [0.15, 0.2) is 18.2 Å². The van der Waals surface area contributed by atoms with Gasteiger partial charge in [0.25, 0.3) is 5.91 Å². The highest BCUT2D eigenvalue weighted by atomic mass is 19.1. The van der Waals surface area contributed by atoms with Gasteiger partial charge in [0.15, 0.2) is 0 Å². The molecule has 1 aromatic rings. The van der Waals surface area contributed by atoms with Crippen molar-refractivity contribution in [3.05, 3.63) is 29.8 Å². The number of amides is 3. The summed E-state index contributed by atoms with van der Waals surface area (Å²) in [5, 5.41) is 0. The van der Waals surface area contributed by atoms with Crippen molar-refractivity contribution in [1.82, 2.24) is 9.88 Å². The molecule has 0 aromatic carbocycles. The van der Waals surface area contributed by atoms with Crippen molar-refractivity contribution in [3.8, 4) is 0 Å². The molecule has 3 amide bonds. The van der Waals surface area contributed by atoms with Crippen LogP contribution in [-0.2, 0) is 9.59 Å². The van der Waals surface area contributed by atoms with Crippen molar-refractivity contribution in [2.24, 2.45) is 11.5 Å². The van der Waals surface area contributed by atoms with Crippen molar-refractivity contribution in [1.29, 1.82) is 0 Å². The van der Waals surface area contributed by atoms with E-state index in [0.717, 1.165) is 11.0 Å². The number of primary amides is 2. The molecule has 7 nitrogen and oxygen atoms in total. The van der Waals surface area contributed by atoms with E-state index < -0.39 is 36.8 Å². The molecule has 0 unspecified atom stereocenters. The van der Waals surface area contributed by atoms with E-state index >= 15 is 0 Å². The first kappa shape index (κ1) is 13.6. The van der Waals surface area contributed by atoms with Crippen molar-refractivity contribution in [2.75, 3.05) is 13.1 Å². The zero-order valence-corrected chi connectivity index (χ0v) is 9.30.